The highest BCUT2D eigenvalue weighted by atomic mass is 35.5. The molecular weight excluding hydrogens is 521 g/mol. The Morgan fingerprint density at radius 2 is 1.85 bits per heavy atom. The summed E-state index contributed by atoms with van der Waals surface area (Å²) in [5, 5.41) is 5.69. The third kappa shape index (κ3) is 6.78. The average Bonchev–Trinajstić information content (AvgIpc) is 3.32. The SMILES string of the molecule is CC(C)(C)C(=O)OCN(N)/N=C(\N)c1ccnc(-c2ncn(Cc3ccccc3Cl)c2-c2ccc(F)cc2)c1. The molecule has 0 fully saturated rings. The van der Waals surface area contributed by atoms with Crippen LogP contribution in [-0.4, -0.2) is 38.2 Å². The summed E-state index contributed by atoms with van der Waals surface area (Å²) in [7, 11) is 0. The predicted octanol–water partition coefficient (Wildman–Crippen LogP) is 4.80. The molecule has 4 rings (SSSR count). The van der Waals surface area contributed by atoms with Crippen molar-refractivity contribution in [3.8, 4) is 22.6 Å². The highest BCUT2D eigenvalue weighted by Crippen LogP contribution is 2.32. The highest BCUT2D eigenvalue weighted by molar-refractivity contribution is 6.31. The van der Waals surface area contributed by atoms with Gasteiger partial charge in [0, 0.05) is 22.3 Å². The van der Waals surface area contributed by atoms with Gasteiger partial charge in [-0.1, -0.05) is 29.8 Å². The van der Waals surface area contributed by atoms with Gasteiger partial charge in [0.15, 0.2) is 12.6 Å². The van der Waals surface area contributed by atoms with Crippen molar-refractivity contribution in [2.24, 2.45) is 22.1 Å². The fraction of sp³-hybridized carbons (Fsp3) is 0.214. The molecule has 4 aromatic rings. The average molecular weight is 550 g/mol. The monoisotopic (exact) mass is 549 g/mol. The first-order chi connectivity index (χ1) is 18.5. The topological polar surface area (TPSA) is 125 Å². The Labute approximate surface area is 230 Å². The Morgan fingerprint density at radius 1 is 1.13 bits per heavy atom. The molecule has 0 aliphatic heterocycles. The van der Waals surface area contributed by atoms with E-state index >= 15 is 0 Å². The van der Waals surface area contributed by atoms with Crippen LogP contribution in [0.4, 0.5) is 4.39 Å². The van der Waals surface area contributed by atoms with E-state index in [1.54, 1.807) is 57.6 Å². The summed E-state index contributed by atoms with van der Waals surface area (Å²) in [5.74, 6) is 5.20. The van der Waals surface area contributed by atoms with Gasteiger partial charge in [-0.25, -0.2) is 15.2 Å². The molecule has 0 radical (unpaired) electrons. The number of hydrazine groups is 1. The number of hydrogen-bond donors (Lipinski definition) is 2. The lowest BCUT2D eigenvalue weighted by molar-refractivity contribution is -0.158. The molecule has 0 spiro atoms. The van der Waals surface area contributed by atoms with Crippen molar-refractivity contribution in [2.75, 3.05) is 6.73 Å². The molecule has 0 amide bonds. The molecule has 0 saturated heterocycles. The maximum atomic E-state index is 13.7. The summed E-state index contributed by atoms with van der Waals surface area (Å²) in [4.78, 5) is 21.1. The molecule has 2 heterocycles. The molecule has 39 heavy (non-hydrogen) atoms. The molecular formula is C28H29ClFN7O2. The lowest BCUT2D eigenvalue weighted by Gasteiger charge is -2.19. The Morgan fingerprint density at radius 3 is 2.54 bits per heavy atom. The fourth-order valence-corrected chi connectivity index (χ4v) is 3.89. The summed E-state index contributed by atoms with van der Waals surface area (Å²) < 4.78 is 20.8. The van der Waals surface area contributed by atoms with Crippen molar-refractivity contribution in [3.05, 3.63) is 95.2 Å². The third-order valence-corrected chi connectivity index (χ3v) is 6.10. The molecule has 2 aromatic heterocycles. The number of hydrogen-bond acceptors (Lipinski definition) is 7. The van der Waals surface area contributed by atoms with Crippen molar-refractivity contribution >= 4 is 23.4 Å². The van der Waals surface area contributed by atoms with E-state index < -0.39 is 11.4 Å². The van der Waals surface area contributed by atoms with Gasteiger partial charge in [0.05, 0.1) is 29.7 Å². The number of carbonyl (C=O) groups excluding carboxylic acids is 1. The number of nitrogens with zero attached hydrogens (tertiary/aromatic N) is 5. The van der Waals surface area contributed by atoms with Crippen LogP contribution in [0.15, 0.2) is 78.3 Å². The van der Waals surface area contributed by atoms with Crippen LogP contribution in [0.3, 0.4) is 0 Å². The van der Waals surface area contributed by atoms with E-state index in [1.165, 1.54) is 12.1 Å². The van der Waals surface area contributed by atoms with E-state index in [4.69, 9.17) is 27.9 Å². The standard InChI is InChI=1S/C28H29ClFN7O2/c1-28(2,3)27(38)39-17-37(32)35-26(31)19-12-13-33-23(14-19)24-25(18-8-10-21(30)11-9-18)36(16-34-24)15-20-6-4-5-7-22(20)29/h4-14,16H,15,17,32H2,1-3H3,(H2,31,35). The second kappa shape index (κ2) is 11.6. The van der Waals surface area contributed by atoms with Gasteiger partial charge in [0.1, 0.15) is 11.5 Å². The third-order valence-electron chi connectivity index (χ3n) is 5.73. The van der Waals surface area contributed by atoms with Crippen molar-refractivity contribution in [1.29, 1.82) is 0 Å². The van der Waals surface area contributed by atoms with Crippen LogP contribution in [0.2, 0.25) is 5.02 Å². The molecule has 2 aromatic carbocycles. The Kier molecular flexibility index (Phi) is 8.27. The van der Waals surface area contributed by atoms with E-state index in [0.717, 1.165) is 21.9 Å². The number of esters is 1. The molecule has 0 atom stereocenters. The van der Waals surface area contributed by atoms with Crippen LogP contribution >= 0.6 is 11.6 Å². The van der Waals surface area contributed by atoms with Gasteiger partial charge >= 0.3 is 5.97 Å². The van der Waals surface area contributed by atoms with E-state index in [0.29, 0.717) is 28.5 Å². The van der Waals surface area contributed by atoms with E-state index in [2.05, 4.69) is 15.1 Å². The largest absolute Gasteiger partial charge is 0.441 e. The number of imidazole rings is 1. The van der Waals surface area contributed by atoms with Gasteiger partial charge in [0.25, 0.3) is 0 Å². The second-order valence-electron chi connectivity index (χ2n) is 9.83. The number of amidine groups is 1. The van der Waals surface area contributed by atoms with Gasteiger partial charge in [-0.15, -0.1) is 5.10 Å². The van der Waals surface area contributed by atoms with Crippen LogP contribution in [0.25, 0.3) is 22.6 Å². The molecule has 0 unspecified atom stereocenters. The number of rotatable bonds is 8. The van der Waals surface area contributed by atoms with Gasteiger partial charge in [-0.3, -0.25) is 9.78 Å². The maximum absolute atomic E-state index is 13.7. The Hall–Kier alpha value is -4.28. The van der Waals surface area contributed by atoms with Crippen molar-refractivity contribution < 1.29 is 13.9 Å². The summed E-state index contributed by atoms with van der Waals surface area (Å²) in [6.07, 6.45) is 3.27. The number of aromatic nitrogens is 3. The minimum atomic E-state index is -0.673. The van der Waals surface area contributed by atoms with E-state index in [-0.39, 0.29) is 18.4 Å². The molecule has 0 saturated carbocycles. The lowest BCUT2D eigenvalue weighted by atomic mass is 9.98. The first-order valence-electron chi connectivity index (χ1n) is 12.1. The molecule has 202 valence electrons. The number of halogens is 2. The number of ether oxygens (including phenoxy) is 1. The number of benzene rings is 2. The van der Waals surface area contributed by atoms with Crippen molar-refractivity contribution in [2.45, 2.75) is 27.3 Å². The minimum Gasteiger partial charge on any atom is -0.441 e. The first kappa shape index (κ1) is 27.7. The lowest BCUT2D eigenvalue weighted by Crippen LogP contribution is -2.35. The highest BCUT2D eigenvalue weighted by Gasteiger charge is 2.23. The smallest absolute Gasteiger partial charge is 0.313 e. The van der Waals surface area contributed by atoms with E-state index in [1.807, 2.05) is 28.8 Å². The molecule has 0 bridgehead atoms. The number of carbonyl (C=O) groups is 1. The minimum absolute atomic E-state index is 0.0896. The Balaban J connectivity index is 1.66. The van der Waals surface area contributed by atoms with Crippen LogP contribution in [0.1, 0.15) is 31.9 Å². The molecule has 11 heteroatoms. The number of pyridine rings is 1. The van der Waals surface area contributed by atoms with E-state index in [9.17, 15) is 9.18 Å². The first-order valence-corrected chi connectivity index (χ1v) is 12.5. The van der Waals surface area contributed by atoms with Crippen LogP contribution in [-0.2, 0) is 16.1 Å². The second-order valence-corrected chi connectivity index (χ2v) is 10.2. The predicted molar refractivity (Wildman–Crippen MR) is 149 cm³/mol. The summed E-state index contributed by atoms with van der Waals surface area (Å²) >= 11 is 6.41. The van der Waals surface area contributed by atoms with Gasteiger partial charge in [0.2, 0.25) is 0 Å². The van der Waals surface area contributed by atoms with Gasteiger partial charge in [-0.2, -0.15) is 5.12 Å². The van der Waals surface area contributed by atoms with Crippen LogP contribution < -0.4 is 11.6 Å². The van der Waals surface area contributed by atoms with Gasteiger partial charge < -0.3 is 15.0 Å². The zero-order chi connectivity index (χ0) is 28.2. The molecule has 0 aliphatic rings. The maximum Gasteiger partial charge on any atom is 0.313 e. The number of hydrazone groups is 1. The van der Waals surface area contributed by atoms with Crippen LogP contribution in [0, 0.1) is 11.2 Å². The zero-order valence-electron chi connectivity index (χ0n) is 21.8. The normalized spacial score (nSPS) is 11.9. The quantitative estimate of drug-likeness (QED) is 0.0808. The summed E-state index contributed by atoms with van der Waals surface area (Å²) in [6.45, 7) is 5.39. The molecule has 4 N–H and O–H groups in total. The summed E-state index contributed by atoms with van der Waals surface area (Å²) in [5.41, 5.74) is 9.52. The van der Waals surface area contributed by atoms with Crippen LogP contribution in [0.5, 0.6) is 0 Å². The van der Waals surface area contributed by atoms with Crippen molar-refractivity contribution in [1.82, 2.24) is 19.7 Å². The van der Waals surface area contributed by atoms with Gasteiger partial charge in [-0.05, 0) is 68.8 Å². The number of nitrogens with two attached hydrogens (primary N) is 2. The summed E-state index contributed by atoms with van der Waals surface area (Å²) in [6, 6.07) is 17.1. The molecule has 0 aliphatic carbocycles. The Bertz CT molecular complexity index is 1500. The molecule has 9 nitrogen and oxygen atoms in total. The van der Waals surface area contributed by atoms with Crippen molar-refractivity contribution in [3.63, 3.8) is 0 Å². The zero-order valence-corrected chi connectivity index (χ0v) is 22.6. The fourth-order valence-electron chi connectivity index (χ4n) is 3.70.